The highest BCUT2D eigenvalue weighted by atomic mass is 19.1. The fourth-order valence-electron chi connectivity index (χ4n) is 3.30. The van der Waals surface area contributed by atoms with Crippen LogP contribution in [0.2, 0.25) is 0 Å². The van der Waals surface area contributed by atoms with Crippen molar-refractivity contribution in [3.63, 3.8) is 0 Å². The monoisotopic (exact) mass is 315 g/mol. The summed E-state index contributed by atoms with van der Waals surface area (Å²) in [6, 6.07) is 4.62. The first kappa shape index (κ1) is 14.4. The minimum Gasteiger partial charge on any atom is -0.449 e. The molecule has 0 saturated carbocycles. The Morgan fingerprint density at radius 3 is 2.87 bits per heavy atom. The van der Waals surface area contributed by atoms with Crippen LogP contribution in [-0.2, 0) is 6.54 Å². The summed E-state index contributed by atoms with van der Waals surface area (Å²) >= 11 is 0. The summed E-state index contributed by atoms with van der Waals surface area (Å²) in [6.45, 7) is 4.63. The number of piperidine rings is 1. The molecule has 1 aliphatic heterocycles. The van der Waals surface area contributed by atoms with Crippen LogP contribution in [0.1, 0.15) is 36.0 Å². The Hall–Kier alpha value is -2.21. The molecular formula is C17H18FN3O2. The maximum absolute atomic E-state index is 13.2. The molecule has 23 heavy (non-hydrogen) atoms. The number of likely N-dealkylation sites (tertiary alicyclic amines) is 1. The van der Waals surface area contributed by atoms with Crippen LogP contribution in [0.15, 0.2) is 33.4 Å². The highest BCUT2D eigenvalue weighted by Crippen LogP contribution is 2.33. The van der Waals surface area contributed by atoms with Crippen LogP contribution >= 0.6 is 0 Å². The Bertz CT molecular complexity index is 818. The quantitative estimate of drug-likeness (QED) is 0.738. The van der Waals surface area contributed by atoms with Crippen molar-refractivity contribution in [2.75, 3.05) is 13.1 Å². The number of aryl methyl sites for hydroxylation is 1. The van der Waals surface area contributed by atoms with E-state index in [2.05, 4.69) is 15.0 Å². The summed E-state index contributed by atoms with van der Waals surface area (Å²) in [4.78, 5) is 6.72. The summed E-state index contributed by atoms with van der Waals surface area (Å²) in [7, 11) is 0. The number of aromatic nitrogens is 2. The first-order valence-corrected chi connectivity index (χ1v) is 7.87. The third-order valence-electron chi connectivity index (χ3n) is 4.49. The van der Waals surface area contributed by atoms with Gasteiger partial charge >= 0.3 is 0 Å². The molecular weight excluding hydrogens is 297 g/mol. The molecule has 0 N–H and O–H groups in total. The van der Waals surface area contributed by atoms with Crippen LogP contribution < -0.4 is 0 Å². The van der Waals surface area contributed by atoms with E-state index in [1.54, 1.807) is 12.3 Å². The second-order valence-electron chi connectivity index (χ2n) is 6.12. The highest BCUT2D eigenvalue weighted by molar-refractivity contribution is 5.79. The highest BCUT2D eigenvalue weighted by Gasteiger charge is 2.25. The molecule has 1 aromatic carbocycles. The summed E-state index contributed by atoms with van der Waals surface area (Å²) < 4.78 is 23.8. The van der Waals surface area contributed by atoms with Crippen molar-refractivity contribution in [2.45, 2.75) is 32.2 Å². The van der Waals surface area contributed by atoms with Crippen molar-refractivity contribution >= 4 is 11.0 Å². The molecule has 0 atom stereocenters. The van der Waals surface area contributed by atoms with Crippen LogP contribution in [0.3, 0.4) is 0 Å². The van der Waals surface area contributed by atoms with Gasteiger partial charge in [-0.3, -0.25) is 4.90 Å². The van der Waals surface area contributed by atoms with Crippen LogP contribution in [0.5, 0.6) is 0 Å². The average Bonchev–Trinajstić information content (AvgIpc) is 3.14. The molecule has 0 aliphatic carbocycles. The Morgan fingerprint density at radius 1 is 1.30 bits per heavy atom. The van der Waals surface area contributed by atoms with E-state index in [1.807, 2.05) is 6.92 Å². The number of fused-ring (bicyclic) bond motifs is 1. The number of oxazole rings is 1. The van der Waals surface area contributed by atoms with E-state index < -0.39 is 0 Å². The second kappa shape index (κ2) is 5.77. The molecule has 0 radical (unpaired) electrons. The maximum atomic E-state index is 13.2. The van der Waals surface area contributed by atoms with Gasteiger partial charge in [-0.2, -0.15) is 0 Å². The largest absolute Gasteiger partial charge is 0.449 e. The molecule has 6 heteroatoms. The van der Waals surface area contributed by atoms with E-state index in [1.165, 1.54) is 12.1 Å². The predicted molar refractivity (Wildman–Crippen MR) is 82.5 cm³/mol. The molecule has 2 aromatic heterocycles. The molecule has 120 valence electrons. The molecule has 1 fully saturated rings. The summed E-state index contributed by atoms with van der Waals surface area (Å²) in [5.41, 5.74) is 2.46. The van der Waals surface area contributed by atoms with Gasteiger partial charge in [0.1, 0.15) is 12.1 Å². The molecule has 0 bridgehead atoms. The lowest BCUT2D eigenvalue weighted by Crippen LogP contribution is -2.32. The fraction of sp³-hybridized carbons (Fsp3) is 0.412. The number of hydrogen-bond acceptors (Lipinski definition) is 5. The predicted octanol–water partition coefficient (Wildman–Crippen LogP) is 3.64. The van der Waals surface area contributed by atoms with Gasteiger partial charge in [-0.05, 0) is 38.1 Å². The number of benzene rings is 1. The average molecular weight is 315 g/mol. The normalized spacial score (nSPS) is 17.1. The third kappa shape index (κ3) is 2.86. The third-order valence-corrected chi connectivity index (χ3v) is 4.49. The lowest BCUT2D eigenvalue weighted by Gasteiger charge is -2.30. The Kier molecular flexibility index (Phi) is 3.61. The van der Waals surface area contributed by atoms with Crippen LogP contribution in [0.25, 0.3) is 11.0 Å². The van der Waals surface area contributed by atoms with E-state index in [9.17, 15) is 4.39 Å². The minimum atomic E-state index is -0.294. The van der Waals surface area contributed by atoms with Crippen molar-refractivity contribution in [3.8, 4) is 0 Å². The lowest BCUT2D eigenvalue weighted by molar-refractivity contribution is 0.199. The standard InChI is InChI=1S/C17H18FN3O2/c1-11-19-14(10-22-11)9-21-6-4-12(5-7-21)17-15-3-2-13(18)8-16(15)23-20-17/h2-3,8,10,12H,4-7,9H2,1H3. The lowest BCUT2D eigenvalue weighted by atomic mass is 9.91. The van der Waals surface area contributed by atoms with Gasteiger partial charge in [-0.25, -0.2) is 9.37 Å². The molecule has 1 saturated heterocycles. The molecule has 5 nitrogen and oxygen atoms in total. The van der Waals surface area contributed by atoms with E-state index in [0.717, 1.165) is 49.2 Å². The minimum absolute atomic E-state index is 0.294. The number of rotatable bonds is 3. The van der Waals surface area contributed by atoms with Gasteiger partial charge in [0, 0.05) is 30.8 Å². The Labute approximate surface area is 133 Å². The number of hydrogen-bond donors (Lipinski definition) is 0. The Morgan fingerprint density at radius 2 is 2.13 bits per heavy atom. The zero-order chi connectivity index (χ0) is 15.8. The molecule has 0 amide bonds. The molecule has 1 aliphatic rings. The van der Waals surface area contributed by atoms with Crippen molar-refractivity contribution in [3.05, 3.63) is 47.6 Å². The SMILES string of the molecule is Cc1nc(CN2CCC(c3noc4cc(F)ccc34)CC2)co1. The van der Waals surface area contributed by atoms with E-state index in [0.29, 0.717) is 17.4 Å². The van der Waals surface area contributed by atoms with Crippen molar-refractivity contribution < 1.29 is 13.3 Å². The summed E-state index contributed by atoms with van der Waals surface area (Å²) in [5.74, 6) is 0.770. The van der Waals surface area contributed by atoms with Gasteiger partial charge in [-0.1, -0.05) is 5.16 Å². The van der Waals surface area contributed by atoms with Gasteiger partial charge in [0.2, 0.25) is 0 Å². The first-order chi connectivity index (χ1) is 11.2. The van der Waals surface area contributed by atoms with E-state index >= 15 is 0 Å². The van der Waals surface area contributed by atoms with Gasteiger partial charge in [0.25, 0.3) is 0 Å². The number of nitrogens with zero attached hydrogens (tertiary/aromatic N) is 3. The first-order valence-electron chi connectivity index (χ1n) is 7.87. The molecule has 3 aromatic rings. The second-order valence-corrected chi connectivity index (χ2v) is 6.12. The van der Waals surface area contributed by atoms with E-state index in [-0.39, 0.29) is 5.82 Å². The van der Waals surface area contributed by atoms with Crippen LogP contribution in [-0.4, -0.2) is 28.1 Å². The number of halogens is 1. The molecule has 4 rings (SSSR count). The topological polar surface area (TPSA) is 55.3 Å². The van der Waals surface area contributed by atoms with Crippen molar-refractivity contribution in [1.82, 2.24) is 15.0 Å². The maximum Gasteiger partial charge on any atom is 0.191 e. The van der Waals surface area contributed by atoms with Crippen LogP contribution in [0.4, 0.5) is 4.39 Å². The molecule has 3 heterocycles. The summed E-state index contributed by atoms with van der Waals surface area (Å²) in [6.07, 6.45) is 3.74. The van der Waals surface area contributed by atoms with Crippen LogP contribution in [0, 0.1) is 12.7 Å². The summed E-state index contributed by atoms with van der Waals surface area (Å²) in [5, 5.41) is 5.11. The smallest absolute Gasteiger partial charge is 0.191 e. The fourth-order valence-corrected chi connectivity index (χ4v) is 3.30. The van der Waals surface area contributed by atoms with Gasteiger partial charge < -0.3 is 8.94 Å². The zero-order valence-electron chi connectivity index (χ0n) is 13.0. The Balaban J connectivity index is 1.44. The van der Waals surface area contributed by atoms with E-state index in [4.69, 9.17) is 8.94 Å². The van der Waals surface area contributed by atoms with Crippen molar-refractivity contribution in [2.24, 2.45) is 0 Å². The molecule has 0 unspecified atom stereocenters. The van der Waals surface area contributed by atoms with Gasteiger partial charge in [0.05, 0.1) is 11.4 Å². The van der Waals surface area contributed by atoms with Gasteiger partial charge in [-0.15, -0.1) is 0 Å². The molecule has 0 spiro atoms. The zero-order valence-corrected chi connectivity index (χ0v) is 13.0. The van der Waals surface area contributed by atoms with Gasteiger partial charge in [0.15, 0.2) is 11.5 Å². The van der Waals surface area contributed by atoms with Crippen molar-refractivity contribution in [1.29, 1.82) is 0 Å².